The van der Waals surface area contributed by atoms with Gasteiger partial charge in [0.05, 0.1) is 10.8 Å². The fraction of sp³-hybridized carbons (Fsp3) is 0.290. The lowest BCUT2D eigenvalue weighted by Crippen LogP contribution is -2.49. The molecule has 7 rings (SSSR count). The Labute approximate surface area is 228 Å². The van der Waals surface area contributed by atoms with Crippen molar-refractivity contribution < 1.29 is 18.0 Å². The molecule has 8 heteroatoms. The zero-order valence-corrected chi connectivity index (χ0v) is 22.7. The summed E-state index contributed by atoms with van der Waals surface area (Å²) in [5.74, 6) is -0.756. The van der Waals surface area contributed by atoms with Crippen LogP contribution < -0.4 is 9.80 Å². The van der Waals surface area contributed by atoms with Gasteiger partial charge < -0.3 is 14.7 Å². The number of sulfone groups is 1. The van der Waals surface area contributed by atoms with E-state index in [0.717, 1.165) is 34.5 Å². The van der Waals surface area contributed by atoms with E-state index >= 15 is 0 Å². The van der Waals surface area contributed by atoms with E-state index < -0.39 is 26.5 Å². The summed E-state index contributed by atoms with van der Waals surface area (Å²) in [6.45, 7) is 0.548. The van der Waals surface area contributed by atoms with Crippen LogP contribution in [0.3, 0.4) is 0 Å². The van der Waals surface area contributed by atoms with Crippen molar-refractivity contribution in [2.75, 3.05) is 30.4 Å². The zero-order valence-electron chi connectivity index (χ0n) is 21.9. The van der Waals surface area contributed by atoms with E-state index in [1.807, 2.05) is 48.5 Å². The van der Waals surface area contributed by atoms with Gasteiger partial charge in [-0.05, 0) is 48.2 Å². The van der Waals surface area contributed by atoms with Gasteiger partial charge in [0, 0.05) is 49.7 Å². The molecule has 0 aliphatic carbocycles. The van der Waals surface area contributed by atoms with Gasteiger partial charge in [-0.2, -0.15) is 0 Å². The largest absolute Gasteiger partial charge is 0.356 e. The summed E-state index contributed by atoms with van der Waals surface area (Å²) < 4.78 is 28.8. The molecule has 0 saturated carbocycles. The van der Waals surface area contributed by atoms with Crippen LogP contribution in [0.15, 0.2) is 95.0 Å². The molecule has 4 heterocycles. The first-order chi connectivity index (χ1) is 18.8. The van der Waals surface area contributed by atoms with Crippen molar-refractivity contribution in [2.24, 2.45) is 0 Å². The van der Waals surface area contributed by atoms with Gasteiger partial charge in [0.1, 0.15) is 10.8 Å². The van der Waals surface area contributed by atoms with E-state index in [1.54, 1.807) is 54.2 Å². The van der Waals surface area contributed by atoms with E-state index in [1.165, 1.54) is 0 Å². The molecule has 7 nitrogen and oxygen atoms in total. The molecule has 1 spiro atoms. The van der Waals surface area contributed by atoms with Crippen molar-refractivity contribution in [2.45, 2.75) is 40.9 Å². The predicted molar refractivity (Wildman–Crippen MR) is 149 cm³/mol. The lowest BCUT2D eigenvalue weighted by molar-refractivity contribution is -0.127. The van der Waals surface area contributed by atoms with Crippen molar-refractivity contribution in [3.8, 4) is 0 Å². The van der Waals surface area contributed by atoms with Crippen LogP contribution >= 0.6 is 0 Å². The molecule has 1 unspecified atom stereocenters. The number of anilines is 2. The Hall–Kier alpha value is -3.91. The smallest absolute Gasteiger partial charge is 0.257 e. The number of benzene rings is 3. The summed E-state index contributed by atoms with van der Waals surface area (Å²) in [6, 6.07) is 23.9. The van der Waals surface area contributed by atoms with E-state index in [4.69, 9.17) is 0 Å². The van der Waals surface area contributed by atoms with Crippen molar-refractivity contribution in [1.29, 1.82) is 0 Å². The topological polar surface area (TPSA) is 78.0 Å². The van der Waals surface area contributed by atoms with Gasteiger partial charge in [-0.25, -0.2) is 8.42 Å². The number of hydrogen-bond acceptors (Lipinski definition) is 5. The number of rotatable bonds is 3. The van der Waals surface area contributed by atoms with Gasteiger partial charge >= 0.3 is 0 Å². The van der Waals surface area contributed by atoms with Crippen LogP contribution in [0.5, 0.6) is 0 Å². The second-order valence-electron chi connectivity index (χ2n) is 10.8. The minimum absolute atomic E-state index is 0.0624. The Morgan fingerprint density at radius 3 is 2.26 bits per heavy atom. The number of nitrogens with zero attached hydrogens (tertiary/aromatic N) is 3. The second-order valence-corrected chi connectivity index (χ2v) is 13.0. The summed E-state index contributed by atoms with van der Waals surface area (Å²) >= 11 is 0. The average molecular weight is 540 g/mol. The van der Waals surface area contributed by atoms with Crippen LogP contribution in [0, 0.1) is 0 Å². The monoisotopic (exact) mass is 539 g/mol. The van der Waals surface area contributed by atoms with Crippen molar-refractivity contribution >= 4 is 33.0 Å². The Balaban J connectivity index is 1.51. The number of likely N-dealkylation sites (N-methyl/N-ethyl adjacent to an activating group) is 2. The van der Waals surface area contributed by atoms with Gasteiger partial charge in [-0.3, -0.25) is 9.59 Å². The normalized spacial score (nSPS) is 25.9. The number of carbonyl (C=O) groups is 2. The molecule has 1 saturated heterocycles. The van der Waals surface area contributed by atoms with Crippen LogP contribution in [0.4, 0.5) is 11.4 Å². The number of fused-ring (bicyclic) bond motifs is 5. The van der Waals surface area contributed by atoms with Gasteiger partial charge in [0.15, 0.2) is 9.84 Å². The van der Waals surface area contributed by atoms with Gasteiger partial charge in [-0.1, -0.05) is 54.6 Å². The van der Waals surface area contributed by atoms with E-state index in [-0.39, 0.29) is 23.1 Å². The molecule has 3 atom stereocenters. The molecule has 0 bridgehead atoms. The molecule has 0 aromatic heterocycles. The standard InChI is InChI=1S/C31H29N3O4S/c1-32-24-16-8-6-13-21(24)27(29(32)35)22-14-10-18-34-28(22)26(39(37,38)20-11-4-3-5-12-20)19-31(34)23-15-7-9-17-25(23)33(2)30(31)36/h3-9,11-13,15-17,26-27H,10,14,18-19H2,1-2H3/t26-,27?,31-/m0/s1. The molecular formula is C31H29N3O4S. The Kier molecular flexibility index (Phi) is 5.14. The van der Waals surface area contributed by atoms with Gasteiger partial charge in [0.25, 0.3) is 5.91 Å². The third-order valence-electron chi connectivity index (χ3n) is 9.05. The molecule has 4 aliphatic rings. The van der Waals surface area contributed by atoms with E-state index in [0.29, 0.717) is 18.7 Å². The summed E-state index contributed by atoms with van der Waals surface area (Å²) in [5, 5.41) is -0.954. The van der Waals surface area contributed by atoms with Crippen LogP contribution in [0.1, 0.15) is 36.3 Å². The third-order valence-corrected chi connectivity index (χ3v) is 11.1. The molecule has 198 valence electrons. The highest BCUT2D eigenvalue weighted by Gasteiger charge is 2.64. The number of hydrogen-bond donors (Lipinski definition) is 0. The molecule has 3 aromatic carbocycles. The maximum Gasteiger partial charge on any atom is 0.257 e. The molecule has 3 aromatic rings. The van der Waals surface area contributed by atoms with E-state index in [2.05, 4.69) is 4.90 Å². The SMILES string of the molecule is CN1C(=O)C(C2=C3[C@@H](S(=O)(=O)c4ccccc4)C[C@]4(C(=O)N(C)c5ccccc54)N3CCC2)c2ccccc21. The average Bonchev–Trinajstić information content (AvgIpc) is 3.53. The maximum absolute atomic E-state index is 14.4. The van der Waals surface area contributed by atoms with Crippen molar-refractivity contribution in [1.82, 2.24) is 4.90 Å². The van der Waals surface area contributed by atoms with Crippen molar-refractivity contribution in [3.63, 3.8) is 0 Å². The molecule has 4 aliphatic heterocycles. The first-order valence-electron chi connectivity index (χ1n) is 13.3. The number of amides is 2. The highest BCUT2D eigenvalue weighted by Crippen LogP contribution is 2.58. The highest BCUT2D eigenvalue weighted by atomic mass is 32.2. The Morgan fingerprint density at radius 1 is 0.821 bits per heavy atom. The lowest BCUT2D eigenvalue weighted by Gasteiger charge is -2.40. The maximum atomic E-state index is 14.4. The van der Waals surface area contributed by atoms with E-state index in [9.17, 15) is 18.0 Å². The minimum atomic E-state index is -3.88. The molecular weight excluding hydrogens is 510 g/mol. The fourth-order valence-electron chi connectivity index (χ4n) is 7.32. The highest BCUT2D eigenvalue weighted by molar-refractivity contribution is 7.92. The van der Waals surface area contributed by atoms with Crippen LogP contribution in [0.2, 0.25) is 0 Å². The molecule has 1 fully saturated rings. The summed E-state index contributed by atoms with van der Waals surface area (Å²) in [6.07, 6.45) is 1.45. The van der Waals surface area contributed by atoms with Crippen molar-refractivity contribution in [3.05, 3.63) is 101 Å². The quantitative estimate of drug-likeness (QED) is 0.498. The molecule has 2 amide bonds. The second kappa shape index (κ2) is 8.29. The number of carbonyl (C=O) groups excluding carboxylic acids is 2. The summed E-state index contributed by atoms with van der Waals surface area (Å²) in [7, 11) is -0.352. The van der Waals surface area contributed by atoms with Crippen LogP contribution in [-0.2, 0) is 25.0 Å². The van der Waals surface area contributed by atoms with Crippen LogP contribution in [0.25, 0.3) is 0 Å². The first kappa shape index (κ1) is 24.2. The van der Waals surface area contributed by atoms with Gasteiger partial charge in [0.2, 0.25) is 5.91 Å². The Bertz CT molecular complexity index is 1680. The predicted octanol–water partition coefficient (Wildman–Crippen LogP) is 4.21. The Morgan fingerprint density at radius 2 is 1.49 bits per heavy atom. The minimum Gasteiger partial charge on any atom is -0.356 e. The first-order valence-corrected chi connectivity index (χ1v) is 14.9. The summed E-state index contributed by atoms with van der Waals surface area (Å²) in [4.78, 5) is 33.5. The summed E-state index contributed by atoms with van der Waals surface area (Å²) in [5.41, 5.74) is 3.69. The molecule has 39 heavy (non-hydrogen) atoms. The fourth-order valence-corrected chi connectivity index (χ4v) is 9.22. The molecule has 0 radical (unpaired) electrons. The number of para-hydroxylation sites is 2. The lowest BCUT2D eigenvalue weighted by atomic mass is 9.85. The molecule has 0 N–H and O–H groups in total. The van der Waals surface area contributed by atoms with Crippen LogP contribution in [-0.4, -0.2) is 51.0 Å². The third kappa shape index (κ3) is 3.06. The van der Waals surface area contributed by atoms with Gasteiger partial charge in [-0.15, -0.1) is 0 Å². The zero-order chi connectivity index (χ0) is 27.1.